The Morgan fingerprint density at radius 2 is 2.05 bits per heavy atom. The Hall–Kier alpha value is -2.93. The standard InChI is InChI=1S/C16H13N3O/c17-8-11-5-6-14(18)15(7-11)19-9-12-10-20-16-4-2-1-3-13(12)16/h1-7,10,19H,9,18H2. The fourth-order valence-electron chi connectivity index (χ4n) is 2.14. The molecular formula is C16H13N3O. The van der Waals surface area contributed by atoms with E-state index in [9.17, 15) is 0 Å². The molecule has 0 aliphatic rings. The second-order valence-electron chi connectivity index (χ2n) is 4.52. The topological polar surface area (TPSA) is 75.0 Å². The summed E-state index contributed by atoms with van der Waals surface area (Å²) in [5.74, 6) is 0. The minimum Gasteiger partial charge on any atom is -0.464 e. The lowest BCUT2D eigenvalue weighted by Crippen LogP contribution is -2.02. The molecule has 98 valence electrons. The first kappa shape index (κ1) is 12.1. The number of nitriles is 1. The molecule has 20 heavy (non-hydrogen) atoms. The maximum atomic E-state index is 8.91. The van der Waals surface area contributed by atoms with Gasteiger partial charge in [0.1, 0.15) is 5.58 Å². The van der Waals surface area contributed by atoms with Crippen LogP contribution >= 0.6 is 0 Å². The van der Waals surface area contributed by atoms with Crippen molar-refractivity contribution in [3.05, 3.63) is 59.9 Å². The number of anilines is 2. The van der Waals surface area contributed by atoms with E-state index >= 15 is 0 Å². The van der Waals surface area contributed by atoms with Crippen LogP contribution in [0.15, 0.2) is 53.1 Å². The third-order valence-corrected chi connectivity index (χ3v) is 3.21. The van der Waals surface area contributed by atoms with Gasteiger partial charge < -0.3 is 15.5 Å². The van der Waals surface area contributed by atoms with E-state index in [1.165, 1.54) is 0 Å². The van der Waals surface area contributed by atoms with E-state index in [0.29, 0.717) is 17.8 Å². The average molecular weight is 263 g/mol. The first-order valence-electron chi connectivity index (χ1n) is 6.26. The molecule has 0 fully saturated rings. The van der Waals surface area contributed by atoms with Gasteiger partial charge in [-0.15, -0.1) is 0 Å². The molecule has 0 radical (unpaired) electrons. The highest BCUT2D eigenvalue weighted by atomic mass is 16.3. The highest BCUT2D eigenvalue weighted by Crippen LogP contribution is 2.24. The van der Waals surface area contributed by atoms with Crippen molar-refractivity contribution in [3.8, 4) is 6.07 Å². The van der Waals surface area contributed by atoms with E-state index in [4.69, 9.17) is 15.4 Å². The largest absolute Gasteiger partial charge is 0.464 e. The van der Waals surface area contributed by atoms with E-state index in [2.05, 4.69) is 11.4 Å². The van der Waals surface area contributed by atoms with Crippen LogP contribution in [0.5, 0.6) is 0 Å². The molecule has 3 rings (SSSR count). The lowest BCUT2D eigenvalue weighted by Gasteiger charge is -2.08. The molecule has 0 aliphatic carbocycles. The number of furan rings is 1. The van der Waals surface area contributed by atoms with Crippen LogP contribution in [0.4, 0.5) is 11.4 Å². The summed E-state index contributed by atoms with van der Waals surface area (Å²) in [7, 11) is 0. The number of fused-ring (bicyclic) bond motifs is 1. The van der Waals surface area contributed by atoms with Crippen LogP contribution in [0.2, 0.25) is 0 Å². The predicted octanol–water partition coefficient (Wildman–Crippen LogP) is 3.50. The SMILES string of the molecule is N#Cc1ccc(N)c(NCc2coc3ccccc23)c1. The predicted molar refractivity (Wildman–Crippen MR) is 79.1 cm³/mol. The molecule has 0 saturated carbocycles. The van der Waals surface area contributed by atoms with Crippen molar-refractivity contribution in [3.63, 3.8) is 0 Å². The van der Waals surface area contributed by atoms with E-state index in [-0.39, 0.29) is 0 Å². The van der Waals surface area contributed by atoms with Gasteiger partial charge in [0, 0.05) is 17.5 Å². The molecular weight excluding hydrogens is 250 g/mol. The van der Waals surface area contributed by atoms with Gasteiger partial charge in [0.2, 0.25) is 0 Å². The van der Waals surface area contributed by atoms with Crippen molar-refractivity contribution in [1.29, 1.82) is 5.26 Å². The van der Waals surface area contributed by atoms with Crippen LogP contribution in [0.3, 0.4) is 0 Å². The molecule has 3 N–H and O–H groups in total. The lowest BCUT2D eigenvalue weighted by molar-refractivity contribution is 0.611. The number of benzene rings is 2. The zero-order chi connectivity index (χ0) is 13.9. The summed E-state index contributed by atoms with van der Waals surface area (Å²) in [6.45, 7) is 0.593. The van der Waals surface area contributed by atoms with Gasteiger partial charge in [0.25, 0.3) is 0 Å². The number of nitrogens with one attached hydrogen (secondary N) is 1. The van der Waals surface area contributed by atoms with Gasteiger partial charge in [0.05, 0.1) is 29.3 Å². The van der Waals surface area contributed by atoms with Gasteiger partial charge in [0.15, 0.2) is 0 Å². The summed E-state index contributed by atoms with van der Waals surface area (Å²) in [5, 5.41) is 13.2. The Kier molecular flexibility index (Phi) is 3.02. The monoisotopic (exact) mass is 263 g/mol. The number of hydrogen-bond donors (Lipinski definition) is 2. The molecule has 1 heterocycles. The van der Waals surface area contributed by atoms with E-state index in [1.807, 2.05) is 24.3 Å². The van der Waals surface area contributed by atoms with E-state index in [0.717, 1.165) is 22.2 Å². The van der Waals surface area contributed by atoms with Crippen LogP contribution in [-0.4, -0.2) is 0 Å². The third-order valence-electron chi connectivity index (χ3n) is 3.21. The summed E-state index contributed by atoms with van der Waals surface area (Å²) in [5.41, 5.74) is 9.79. The number of para-hydroxylation sites is 1. The Balaban J connectivity index is 1.85. The van der Waals surface area contributed by atoms with Crippen molar-refractivity contribution in [2.24, 2.45) is 0 Å². The van der Waals surface area contributed by atoms with E-state index in [1.54, 1.807) is 24.5 Å². The van der Waals surface area contributed by atoms with Crippen LogP contribution in [0.25, 0.3) is 11.0 Å². The zero-order valence-corrected chi connectivity index (χ0v) is 10.8. The smallest absolute Gasteiger partial charge is 0.134 e. The van der Waals surface area contributed by atoms with Crippen LogP contribution in [0, 0.1) is 11.3 Å². The Morgan fingerprint density at radius 3 is 2.90 bits per heavy atom. The maximum Gasteiger partial charge on any atom is 0.134 e. The average Bonchev–Trinajstić information content (AvgIpc) is 2.90. The lowest BCUT2D eigenvalue weighted by atomic mass is 10.1. The molecule has 0 atom stereocenters. The molecule has 0 amide bonds. The summed E-state index contributed by atoms with van der Waals surface area (Å²) < 4.78 is 5.49. The van der Waals surface area contributed by atoms with Gasteiger partial charge in [-0.1, -0.05) is 18.2 Å². The third kappa shape index (κ3) is 2.17. The summed E-state index contributed by atoms with van der Waals surface area (Å²) >= 11 is 0. The van der Waals surface area contributed by atoms with Crippen molar-refractivity contribution in [2.75, 3.05) is 11.1 Å². The first-order chi connectivity index (χ1) is 9.78. The fraction of sp³-hybridized carbons (Fsp3) is 0.0625. The van der Waals surface area contributed by atoms with Gasteiger partial charge in [-0.3, -0.25) is 0 Å². The Bertz CT molecular complexity index is 799. The van der Waals surface area contributed by atoms with Gasteiger partial charge in [-0.05, 0) is 24.3 Å². The van der Waals surface area contributed by atoms with Crippen LogP contribution in [-0.2, 0) is 6.54 Å². The molecule has 0 unspecified atom stereocenters. The molecule has 4 nitrogen and oxygen atoms in total. The second kappa shape index (κ2) is 4.98. The molecule has 0 aliphatic heterocycles. The van der Waals surface area contributed by atoms with Crippen molar-refractivity contribution in [1.82, 2.24) is 0 Å². The molecule has 4 heteroatoms. The van der Waals surface area contributed by atoms with Crippen molar-refractivity contribution < 1.29 is 4.42 Å². The number of hydrogen-bond acceptors (Lipinski definition) is 4. The van der Waals surface area contributed by atoms with Crippen molar-refractivity contribution >= 4 is 22.3 Å². The number of nitrogens with zero attached hydrogens (tertiary/aromatic N) is 1. The number of rotatable bonds is 3. The summed E-state index contributed by atoms with van der Waals surface area (Å²) in [4.78, 5) is 0. The fourth-order valence-corrected chi connectivity index (χ4v) is 2.14. The zero-order valence-electron chi connectivity index (χ0n) is 10.8. The number of nitrogens with two attached hydrogens (primary N) is 1. The second-order valence-corrected chi connectivity index (χ2v) is 4.52. The van der Waals surface area contributed by atoms with Crippen LogP contribution in [0.1, 0.15) is 11.1 Å². The Labute approximate surface area is 116 Å². The molecule has 0 bridgehead atoms. The highest BCUT2D eigenvalue weighted by molar-refractivity contribution is 5.81. The normalized spacial score (nSPS) is 10.3. The highest BCUT2D eigenvalue weighted by Gasteiger charge is 2.06. The first-order valence-corrected chi connectivity index (χ1v) is 6.26. The molecule has 0 saturated heterocycles. The molecule has 1 aromatic heterocycles. The van der Waals surface area contributed by atoms with Crippen molar-refractivity contribution in [2.45, 2.75) is 6.54 Å². The quantitative estimate of drug-likeness (QED) is 0.709. The van der Waals surface area contributed by atoms with Gasteiger partial charge in [-0.25, -0.2) is 0 Å². The van der Waals surface area contributed by atoms with E-state index < -0.39 is 0 Å². The van der Waals surface area contributed by atoms with Crippen LogP contribution < -0.4 is 11.1 Å². The summed E-state index contributed by atoms with van der Waals surface area (Å²) in [6.07, 6.45) is 1.74. The molecule has 0 spiro atoms. The van der Waals surface area contributed by atoms with Gasteiger partial charge >= 0.3 is 0 Å². The summed E-state index contributed by atoms with van der Waals surface area (Å²) in [6, 6.07) is 15.2. The van der Waals surface area contributed by atoms with Gasteiger partial charge in [-0.2, -0.15) is 5.26 Å². The minimum atomic E-state index is 0.582. The maximum absolute atomic E-state index is 8.91. The molecule has 2 aromatic carbocycles. The molecule has 3 aromatic rings. The number of nitrogen functional groups attached to an aromatic ring is 1. The minimum absolute atomic E-state index is 0.582. The Morgan fingerprint density at radius 1 is 1.20 bits per heavy atom.